The fourth-order valence-electron chi connectivity index (χ4n) is 5.37. The normalized spacial score (nSPS) is 18.2. The molecule has 5 atom stereocenters. The molecule has 0 saturated carbocycles. The largest absolute Gasteiger partial charge is 0.514 e. The molecule has 25 heteroatoms. The highest BCUT2D eigenvalue weighted by Crippen LogP contribution is 2.33. The number of hydrogen-bond acceptors (Lipinski definition) is 18. The molecule has 0 spiro atoms. The third-order valence-corrected chi connectivity index (χ3v) is 7.90. The second-order valence-electron chi connectivity index (χ2n) is 14.1. The van der Waals surface area contributed by atoms with Gasteiger partial charge in [0.15, 0.2) is 18.3 Å². The molecular formula is C39H45F5N2O18. The maximum atomic E-state index is 14.1. The maximum Gasteiger partial charge on any atom is 0.514 e. The summed E-state index contributed by atoms with van der Waals surface area (Å²) in [5, 5.41) is 5.04. The van der Waals surface area contributed by atoms with Gasteiger partial charge in [0.05, 0.1) is 39.1 Å². The molecule has 1 aliphatic heterocycles. The van der Waals surface area contributed by atoms with Crippen LogP contribution in [0.3, 0.4) is 0 Å². The van der Waals surface area contributed by atoms with Crippen molar-refractivity contribution in [2.45, 2.75) is 84.5 Å². The fourth-order valence-corrected chi connectivity index (χ4v) is 5.37. The van der Waals surface area contributed by atoms with Crippen LogP contribution in [0.15, 0.2) is 18.2 Å². The number of benzene rings is 2. The van der Waals surface area contributed by atoms with Crippen molar-refractivity contribution in [2.75, 3.05) is 46.6 Å². The summed E-state index contributed by atoms with van der Waals surface area (Å²) < 4.78 is 126. The van der Waals surface area contributed by atoms with Gasteiger partial charge in [0, 0.05) is 33.9 Å². The molecule has 64 heavy (non-hydrogen) atoms. The number of esters is 4. The Morgan fingerprint density at radius 3 is 1.78 bits per heavy atom. The highest BCUT2D eigenvalue weighted by atomic mass is 19.2. The van der Waals surface area contributed by atoms with Crippen LogP contribution in [0.4, 0.5) is 31.5 Å². The number of hydrogen-bond donors (Lipinski definition) is 2. The van der Waals surface area contributed by atoms with E-state index < -0.39 is 131 Å². The predicted molar refractivity (Wildman–Crippen MR) is 200 cm³/mol. The summed E-state index contributed by atoms with van der Waals surface area (Å²) in [6.45, 7) is 7.34. The second-order valence-corrected chi connectivity index (χ2v) is 14.1. The summed E-state index contributed by atoms with van der Waals surface area (Å²) in [5.41, 5.74) is -1.16. The number of nitrogens with one attached hydrogen (secondary N) is 2. The standard InChI is InChI=1S/C39H45F5N2O18/c1-18(47)58-30-31(59-19(2)48)33(60-20(3)49)36(62-32(30)35(51)54-7)61-23-9-8-21(17-57-38(53)63-29-27(43)25(41)24(40)26(42)28(29)44)16-22(23)34(50)45-10-12-55-14-15-56-13-11-46-37(52)64-39(4,5)6/h8-9,16,30-33,36H,10-15,17H2,1-7H3,(H,45,50)(H,46,52)/t30-,31-,32-,33+,36+/m0/s1. The molecule has 1 heterocycles. The van der Waals surface area contributed by atoms with Crippen LogP contribution in [0.5, 0.6) is 11.5 Å². The molecule has 2 amide bonds. The van der Waals surface area contributed by atoms with Crippen molar-refractivity contribution in [3.8, 4) is 11.5 Å². The van der Waals surface area contributed by atoms with Crippen molar-refractivity contribution in [1.82, 2.24) is 10.6 Å². The molecule has 2 aromatic rings. The Morgan fingerprint density at radius 2 is 1.23 bits per heavy atom. The number of rotatable bonds is 19. The average molecular weight is 925 g/mol. The molecule has 354 valence electrons. The van der Waals surface area contributed by atoms with Gasteiger partial charge in [0.25, 0.3) is 5.91 Å². The lowest BCUT2D eigenvalue weighted by molar-refractivity contribution is -0.282. The van der Waals surface area contributed by atoms with Gasteiger partial charge in [0.1, 0.15) is 18.0 Å². The first-order valence-electron chi connectivity index (χ1n) is 18.9. The topological polar surface area (TPSA) is 245 Å². The molecule has 0 aromatic heterocycles. The molecule has 1 aliphatic rings. The molecule has 20 nitrogen and oxygen atoms in total. The number of carbonyl (C=O) groups excluding carboxylic acids is 7. The predicted octanol–water partition coefficient (Wildman–Crippen LogP) is 3.46. The highest BCUT2D eigenvalue weighted by molar-refractivity contribution is 5.97. The number of carbonyl (C=O) groups is 7. The van der Waals surface area contributed by atoms with Crippen LogP contribution in [0.1, 0.15) is 57.5 Å². The Bertz CT molecular complexity index is 2000. The molecule has 1 fully saturated rings. The Kier molecular flexibility index (Phi) is 19.4. The van der Waals surface area contributed by atoms with Gasteiger partial charge in [-0.3, -0.25) is 19.2 Å². The SMILES string of the molecule is COC(=O)[C@H]1O[C@@H](Oc2ccc(COC(=O)Oc3c(F)c(F)c(F)c(F)c3F)cc2C(=O)NCCOCCOCCNC(=O)OC(C)(C)C)[C@H](OC(C)=O)[C@@H](OC(C)=O)[C@@H]1OC(C)=O. The van der Waals surface area contributed by atoms with Gasteiger partial charge in [-0.2, -0.15) is 8.78 Å². The zero-order chi connectivity index (χ0) is 47.9. The number of ether oxygens (including phenoxy) is 11. The first-order chi connectivity index (χ1) is 30.0. The monoisotopic (exact) mass is 924 g/mol. The Balaban J connectivity index is 1.85. The quantitative estimate of drug-likeness (QED) is 0.0390. The van der Waals surface area contributed by atoms with E-state index in [0.29, 0.717) is 0 Å². The number of halogens is 5. The summed E-state index contributed by atoms with van der Waals surface area (Å²) in [4.78, 5) is 87.2. The van der Waals surface area contributed by atoms with Crippen molar-refractivity contribution in [1.29, 1.82) is 0 Å². The van der Waals surface area contributed by atoms with E-state index in [0.717, 1.165) is 46.1 Å². The minimum absolute atomic E-state index is 0.0559. The Morgan fingerprint density at radius 1 is 0.703 bits per heavy atom. The van der Waals surface area contributed by atoms with E-state index in [1.807, 2.05) is 0 Å². The molecule has 1 saturated heterocycles. The van der Waals surface area contributed by atoms with Crippen LogP contribution in [0, 0.1) is 29.1 Å². The lowest BCUT2D eigenvalue weighted by atomic mass is 9.97. The smallest absolute Gasteiger partial charge is 0.467 e. The van der Waals surface area contributed by atoms with E-state index in [2.05, 4.69) is 15.4 Å². The zero-order valence-corrected chi connectivity index (χ0v) is 35.3. The third-order valence-electron chi connectivity index (χ3n) is 7.90. The molecule has 0 radical (unpaired) electrons. The molecule has 0 bridgehead atoms. The molecule has 0 unspecified atom stereocenters. The number of alkyl carbamates (subject to hydrolysis) is 1. The zero-order valence-electron chi connectivity index (χ0n) is 35.3. The van der Waals surface area contributed by atoms with Gasteiger partial charge in [-0.1, -0.05) is 6.07 Å². The minimum atomic E-state index is -2.50. The van der Waals surface area contributed by atoms with Gasteiger partial charge < -0.3 is 62.7 Å². The summed E-state index contributed by atoms with van der Waals surface area (Å²) >= 11 is 0. The number of methoxy groups -OCH3 is 1. The van der Waals surface area contributed by atoms with E-state index in [9.17, 15) is 55.5 Å². The Labute approximate surface area is 361 Å². The number of amides is 2. The van der Waals surface area contributed by atoms with E-state index in [4.69, 9.17) is 47.4 Å². The lowest BCUT2D eigenvalue weighted by Gasteiger charge is -2.43. The molecule has 2 aromatic carbocycles. The third kappa shape index (κ3) is 15.5. The molecule has 0 aliphatic carbocycles. The van der Waals surface area contributed by atoms with Crippen LogP contribution in [-0.4, -0.2) is 125 Å². The summed E-state index contributed by atoms with van der Waals surface area (Å²) in [6.07, 6.45) is -11.7. The van der Waals surface area contributed by atoms with E-state index >= 15 is 0 Å². The lowest BCUT2D eigenvalue weighted by Crippen LogP contribution is -2.64. The van der Waals surface area contributed by atoms with Crippen LogP contribution >= 0.6 is 0 Å². The van der Waals surface area contributed by atoms with Crippen LogP contribution < -0.4 is 20.1 Å². The van der Waals surface area contributed by atoms with Crippen LogP contribution in [0.2, 0.25) is 0 Å². The molecule has 2 N–H and O–H groups in total. The van der Waals surface area contributed by atoms with Crippen LogP contribution in [-0.2, 0) is 68.4 Å². The van der Waals surface area contributed by atoms with Crippen molar-refractivity contribution in [2.24, 2.45) is 0 Å². The van der Waals surface area contributed by atoms with Crippen LogP contribution in [0.25, 0.3) is 0 Å². The van der Waals surface area contributed by atoms with Crippen molar-refractivity contribution in [3.63, 3.8) is 0 Å². The summed E-state index contributed by atoms with van der Waals surface area (Å²) in [5.74, 6) is -19.6. The van der Waals surface area contributed by atoms with E-state index in [1.54, 1.807) is 20.8 Å². The van der Waals surface area contributed by atoms with E-state index in [-0.39, 0.29) is 45.1 Å². The van der Waals surface area contributed by atoms with Gasteiger partial charge in [-0.15, -0.1) is 0 Å². The Hall–Kier alpha value is -6.34. The summed E-state index contributed by atoms with van der Waals surface area (Å²) in [7, 11) is 0.955. The van der Waals surface area contributed by atoms with Gasteiger partial charge in [-0.05, 0) is 38.5 Å². The molecule has 3 rings (SSSR count). The first-order valence-corrected chi connectivity index (χ1v) is 18.9. The van der Waals surface area contributed by atoms with Crippen molar-refractivity contribution in [3.05, 3.63) is 58.4 Å². The van der Waals surface area contributed by atoms with E-state index in [1.165, 1.54) is 0 Å². The second kappa shape index (κ2) is 23.9. The first kappa shape index (κ1) is 52.0. The average Bonchev–Trinajstić information content (AvgIpc) is 3.21. The van der Waals surface area contributed by atoms with Crippen molar-refractivity contribution < 1.29 is 108 Å². The van der Waals surface area contributed by atoms with Gasteiger partial charge >= 0.3 is 36.1 Å². The fraction of sp³-hybridized carbons (Fsp3) is 0.513. The maximum absolute atomic E-state index is 14.1. The minimum Gasteiger partial charge on any atom is -0.467 e. The summed E-state index contributed by atoms with van der Waals surface area (Å²) in [6, 6.07) is 3.27. The van der Waals surface area contributed by atoms with Crippen molar-refractivity contribution >= 4 is 42.0 Å². The van der Waals surface area contributed by atoms with Gasteiger partial charge in [-0.25, -0.2) is 27.6 Å². The molecular weight excluding hydrogens is 879 g/mol. The highest BCUT2D eigenvalue weighted by Gasteiger charge is 2.56. The van der Waals surface area contributed by atoms with Gasteiger partial charge in [0.2, 0.25) is 47.2 Å².